The Bertz CT molecular complexity index is 1440. The van der Waals surface area contributed by atoms with E-state index < -0.39 is 5.97 Å². The SMILES string of the molecule is COC(=O)C1=C(C)N(c2ccc(C)c(C)c2)C(=O)/C1=C\c1cc(C)n(-c2cc(C)ccc2C)c1C. The van der Waals surface area contributed by atoms with E-state index >= 15 is 0 Å². The predicted octanol–water partition coefficient (Wildman–Crippen LogP) is 6.21. The van der Waals surface area contributed by atoms with Crippen LogP contribution in [0.15, 0.2) is 59.3 Å². The first-order chi connectivity index (χ1) is 16.5. The van der Waals surface area contributed by atoms with Crippen LogP contribution in [0.4, 0.5) is 5.69 Å². The quantitative estimate of drug-likeness (QED) is 0.338. The van der Waals surface area contributed by atoms with E-state index in [0.29, 0.717) is 16.8 Å². The third-order valence-corrected chi connectivity index (χ3v) is 6.91. The maximum atomic E-state index is 13.7. The number of aromatic nitrogens is 1. The topological polar surface area (TPSA) is 51.5 Å². The molecular formula is C30H32N2O3. The van der Waals surface area contributed by atoms with Crippen molar-refractivity contribution in [3.8, 4) is 5.69 Å². The molecule has 4 rings (SSSR count). The van der Waals surface area contributed by atoms with Crippen molar-refractivity contribution >= 4 is 23.6 Å². The summed E-state index contributed by atoms with van der Waals surface area (Å²) >= 11 is 0. The lowest BCUT2D eigenvalue weighted by Crippen LogP contribution is -2.24. The second-order valence-corrected chi connectivity index (χ2v) is 9.37. The first-order valence-electron chi connectivity index (χ1n) is 11.7. The van der Waals surface area contributed by atoms with Crippen molar-refractivity contribution in [2.45, 2.75) is 48.5 Å². The molecule has 2 heterocycles. The molecule has 180 valence electrons. The number of anilines is 1. The van der Waals surface area contributed by atoms with Gasteiger partial charge in [-0.25, -0.2) is 4.79 Å². The molecule has 0 unspecified atom stereocenters. The Kier molecular flexibility index (Phi) is 6.28. The smallest absolute Gasteiger partial charge is 0.340 e. The van der Waals surface area contributed by atoms with Crippen molar-refractivity contribution in [3.05, 3.63) is 98.5 Å². The van der Waals surface area contributed by atoms with E-state index in [2.05, 4.69) is 49.6 Å². The van der Waals surface area contributed by atoms with Crippen molar-refractivity contribution < 1.29 is 14.3 Å². The van der Waals surface area contributed by atoms with Crippen LogP contribution in [0, 0.1) is 41.5 Å². The van der Waals surface area contributed by atoms with Gasteiger partial charge in [0.05, 0.1) is 18.3 Å². The monoisotopic (exact) mass is 468 g/mol. The van der Waals surface area contributed by atoms with Crippen LogP contribution in [0.2, 0.25) is 0 Å². The summed E-state index contributed by atoms with van der Waals surface area (Å²) in [7, 11) is 1.34. The van der Waals surface area contributed by atoms with Crippen molar-refractivity contribution in [1.82, 2.24) is 4.57 Å². The molecule has 3 aromatic rings. The molecule has 0 fully saturated rings. The van der Waals surface area contributed by atoms with Crippen molar-refractivity contribution in [2.24, 2.45) is 0 Å². The van der Waals surface area contributed by atoms with E-state index in [4.69, 9.17) is 4.74 Å². The highest BCUT2D eigenvalue weighted by atomic mass is 16.5. The first-order valence-corrected chi connectivity index (χ1v) is 11.7. The lowest BCUT2D eigenvalue weighted by atomic mass is 10.0. The minimum absolute atomic E-state index is 0.234. The third-order valence-electron chi connectivity index (χ3n) is 6.91. The molecule has 0 spiro atoms. The number of ether oxygens (including phenoxy) is 1. The summed E-state index contributed by atoms with van der Waals surface area (Å²) in [6.45, 7) is 14.1. The van der Waals surface area contributed by atoms with Crippen LogP contribution in [-0.2, 0) is 14.3 Å². The van der Waals surface area contributed by atoms with Gasteiger partial charge >= 0.3 is 5.97 Å². The standard InChI is InChI=1S/C30H32N2O3/c1-17-9-10-19(3)27(13-17)31-21(5)15-24(22(31)6)16-26-28(30(34)35-8)23(7)32(29(26)33)25-12-11-18(2)20(4)14-25/h9-16H,1-8H3/b26-16-. The molecule has 1 aromatic heterocycles. The zero-order valence-corrected chi connectivity index (χ0v) is 21.7. The molecular weight excluding hydrogens is 436 g/mol. The number of carbonyl (C=O) groups is 2. The Hall–Kier alpha value is -3.86. The zero-order valence-electron chi connectivity index (χ0n) is 21.7. The van der Waals surface area contributed by atoms with Gasteiger partial charge < -0.3 is 9.30 Å². The summed E-state index contributed by atoms with van der Waals surface area (Å²) in [6, 6.07) is 14.3. The van der Waals surface area contributed by atoms with Crippen LogP contribution in [-0.4, -0.2) is 23.6 Å². The Balaban J connectivity index is 1.87. The summed E-state index contributed by atoms with van der Waals surface area (Å²) in [4.78, 5) is 28.2. The number of carbonyl (C=O) groups excluding carboxylic acids is 2. The second kappa shape index (κ2) is 9.06. The fourth-order valence-corrected chi connectivity index (χ4v) is 4.78. The van der Waals surface area contributed by atoms with Crippen LogP contribution in [0.3, 0.4) is 0 Å². The van der Waals surface area contributed by atoms with Gasteiger partial charge in [0.25, 0.3) is 5.91 Å². The number of rotatable bonds is 4. The molecule has 5 nitrogen and oxygen atoms in total. The van der Waals surface area contributed by atoms with E-state index in [1.165, 1.54) is 18.2 Å². The van der Waals surface area contributed by atoms with Crippen LogP contribution < -0.4 is 4.90 Å². The number of benzene rings is 2. The van der Waals surface area contributed by atoms with E-state index in [9.17, 15) is 9.59 Å². The number of aryl methyl sites for hydroxylation is 5. The normalized spacial score (nSPS) is 14.9. The van der Waals surface area contributed by atoms with Crippen LogP contribution in [0.25, 0.3) is 11.8 Å². The minimum atomic E-state index is -0.517. The van der Waals surface area contributed by atoms with E-state index in [0.717, 1.165) is 39.5 Å². The van der Waals surface area contributed by atoms with Gasteiger partial charge in [-0.05, 0) is 107 Å². The van der Waals surface area contributed by atoms with Crippen molar-refractivity contribution in [2.75, 3.05) is 12.0 Å². The lowest BCUT2D eigenvalue weighted by Gasteiger charge is -2.19. The van der Waals surface area contributed by atoms with E-state index in [1.54, 1.807) is 11.8 Å². The van der Waals surface area contributed by atoms with E-state index in [1.807, 2.05) is 45.0 Å². The molecule has 1 aliphatic heterocycles. The molecule has 5 heteroatoms. The molecule has 0 bridgehead atoms. The van der Waals surface area contributed by atoms with Crippen molar-refractivity contribution in [1.29, 1.82) is 0 Å². The highest BCUT2D eigenvalue weighted by Crippen LogP contribution is 2.37. The molecule has 0 saturated heterocycles. The average Bonchev–Trinajstić information content (AvgIpc) is 3.23. The number of methoxy groups -OCH3 is 1. The number of esters is 1. The minimum Gasteiger partial charge on any atom is -0.465 e. The third kappa shape index (κ3) is 4.12. The molecule has 0 aliphatic carbocycles. The van der Waals surface area contributed by atoms with Crippen LogP contribution >= 0.6 is 0 Å². The summed E-state index contributed by atoms with van der Waals surface area (Å²) in [6.07, 6.45) is 1.82. The molecule has 1 amide bonds. The fraction of sp³-hybridized carbons (Fsp3) is 0.267. The maximum Gasteiger partial charge on any atom is 0.340 e. The van der Waals surface area contributed by atoms with Gasteiger partial charge in [-0.15, -0.1) is 0 Å². The molecule has 35 heavy (non-hydrogen) atoms. The summed E-state index contributed by atoms with van der Waals surface area (Å²) in [5.41, 5.74) is 10.6. The zero-order chi connectivity index (χ0) is 25.6. The maximum absolute atomic E-state index is 13.7. The Morgan fingerprint density at radius 2 is 1.54 bits per heavy atom. The lowest BCUT2D eigenvalue weighted by molar-refractivity contribution is -0.136. The van der Waals surface area contributed by atoms with Gasteiger partial charge in [0.1, 0.15) is 0 Å². The highest BCUT2D eigenvalue weighted by molar-refractivity contribution is 6.23. The Morgan fingerprint density at radius 3 is 2.20 bits per heavy atom. The molecule has 0 atom stereocenters. The van der Waals surface area contributed by atoms with Crippen LogP contribution in [0.1, 0.15) is 46.1 Å². The summed E-state index contributed by atoms with van der Waals surface area (Å²) in [5, 5.41) is 0. The van der Waals surface area contributed by atoms with Crippen molar-refractivity contribution in [3.63, 3.8) is 0 Å². The largest absolute Gasteiger partial charge is 0.465 e. The van der Waals surface area contributed by atoms with Gasteiger partial charge in [-0.3, -0.25) is 9.69 Å². The Morgan fingerprint density at radius 1 is 0.857 bits per heavy atom. The summed E-state index contributed by atoms with van der Waals surface area (Å²) < 4.78 is 7.28. The molecule has 1 aliphatic rings. The molecule has 0 radical (unpaired) electrons. The molecule has 2 aromatic carbocycles. The number of hydrogen-bond donors (Lipinski definition) is 0. The Labute approximate surface area is 207 Å². The van der Waals surface area contributed by atoms with E-state index in [-0.39, 0.29) is 5.91 Å². The first kappa shape index (κ1) is 24.3. The number of allylic oxidation sites excluding steroid dienone is 1. The predicted molar refractivity (Wildman–Crippen MR) is 141 cm³/mol. The fourth-order valence-electron chi connectivity index (χ4n) is 4.78. The van der Waals surface area contributed by atoms with Gasteiger partial charge in [0, 0.05) is 28.5 Å². The molecule has 0 saturated carbocycles. The second-order valence-electron chi connectivity index (χ2n) is 9.37. The van der Waals surface area contributed by atoms with Gasteiger partial charge in [-0.1, -0.05) is 18.2 Å². The van der Waals surface area contributed by atoms with Gasteiger partial charge in [0.15, 0.2) is 0 Å². The van der Waals surface area contributed by atoms with Gasteiger partial charge in [0.2, 0.25) is 0 Å². The van der Waals surface area contributed by atoms with Gasteiger partial charge in [-0.2, -0.15) is 0 Å². The van der Waals surface area contributed by atoms with Crippen LogP contribution in [0.5, 0.6) is 0 Å². The molecule has 0 N–H and O–H groups in total. The number of amides is 1. The highest BCUT2D eigenvalue weighted by Gasteiger charge is 2.38. The number of hydrogen-bond acceptors (Lipinski definition) is 3. The summed E-state index contributed by atoms with van der Waals surface area (Å²) in [5.74, 6) is -0.750. The number of nitrogens with zero attached hydrogens (tertiary/aromatic N) is 2. The average molecular weight is 469 g/mol.